The average molecular weight is 340 g/mol. The lowest BCUT2D eigenvalue weighted by molar-refractivity contribution is -0.134. The number of carbonyl (C=O) groups is 2. The van der Waals surface area contributed by atoms with Gasteiger partial charge in [0.1, 0.15) is 5.41 Å². The van der Waals surface area contributed by atoms with Gasteiger partial charge >= 0.3 is 0 Å². The third-order valence-corrected chi connectivity index (χ3v) is 5.59. The fourth-order valence-electron chi connectivity index (χ4n) is 3.45. The van der Waals surface area contributed by atoms with Crippen LogP contribution in [-0.2, 0) is 9.59 Å². The van der Waals surface area contributed by atoms with Crippen molar-refractivity contribution in [1.29, 1.82) is 0 Å². The number of hydrogen-bond donors (Lipinski definition) is 2. The molecule has 2 amide bonds. The largest absolute Gasteiger partial charge is 0.355 e. The molecule has 0 aliphatic heterocycles. The molecule has 2 aliphatic carbocycles. The van der Waals surface area contributed by atoms with E-state index in [4.69, 9.17) is 0 Å². The summed E-state index contributed by atoms with van der Waals surface area (Å²) in [6, 6.07) is 5.84. The Hall–Kier alpha value is -2.10. The number of hydrogen-bond acceptors (Lipinski definition) is 2. The molecule has 0 radical (unpaired) electrons. The van der Waals surface area contributed by atoms with Crippen LogP contribution in [0.15, 0.2) is 29.8 Å². The van der Waals surface area contributed by atoms with Crippen molar-refractivity contribution in [3.05, 3.63) is 41.0 Å². The standard InChI is InChI=1S/C21H28N2O2/c1-15-7-6-10-18(16(15)2)23-20(25)21(12-13-21)19(24)22-14-11-17-8-4-3-5-9-17/h6-8,10H,3-5,9,11-14H2,1-2H3,(H,22,24)(H,23,25). The number of carbonyl (C=O) groups excluding carboxylic acids is 2. The minimum absolute atomic E-state index is 0.119. The molecule has 0 saturated heterocycles. The summed E-state index contributed by atoms with van der Waals surface area (Å²) in [5.41, 5.74) is 3.56. The SMILES string of the molecule is Cc1cccc(NC(=O)C2(C(=O)NCCC3=CCCCC3)CC2)c1C. The molecular weight excluding hydrogens is 312 g/mol. The zero-order chi connectivity index (χ0) is 17.9. The first-order valence-corrected chi connectivity index (χ1v) is 9.37. The molecule has 4 nitrogen and oxygen atoms in total. The van der Waals surface area contributed by atoms with Gasteiger partial charge in [-0.05, 0) is 76.0 Å². The third kappa shape index (κ3) is 3.94. The second-order valence-corrected chi connectivity index (χ2v) is 7.40. The normalized spacial score (nSPS) is 18.2. The minimum Gasteiger partial charge on any atom is -0.355 e. The molecule has 3 rings (SSSR count). The average Bonchev–Trinajstić information content (AvgIpc) is 3.42. The molecule has 134 valence electrons. The van der Waals surface area contributed by atoms with E-state index in [0.29, 0.717) is 19.4 Å². The first kappa shape index (κ1) is 17.7. The summed E-state index contributed by atoms with van der Waals surface area (Å²) in [6.45, 7) is 4.64. The maximum absolute atomic E-state index is 12.7. The van der Waals surface area contributed by atoms with E-state index >= 15 is 0 Å². The van der Waals surface area contributed by atoms with Gasteiger partial charge in [-0.1, -0.05) is 23.8 Å². The molecule has 25 heavy (non-hydrogen) atoms. The summed E-state index contributed by atoms with van der Waals surface area (Å²) in [4.78, 5) is 25.2. The van der Waals surface area contributed by atoms with E-state index in [0.717, 1.165) is 36.1 Å². The van der Waals surface area contributed by atoms with E-state index in [1.807, 2.05) is 32.0 Å². The summed E-state index contributed by atoms with van der Waals surface area (Å²) in [5.74, 6) is -0.290. The second kappa shape index (κ2) is 7.42. The van der Waals surface area contributed by atoms with Gasteiger partial charge in [-0.2, -0.15) is 0 Å². The van der Waals surface area contributed by atoms with Crippen molar-refractivity contribution in [1.82, 2.24) is 5.32 Å². The maximum Gasteiger partial charge on any atom is 0.240 e. The Bertz CT molecular complexity index is 702. The van der Waals surface area contributed by atoms with Crippen molar-refractivity contribution in [3.8, 4) is 0 Å². The van der Waals surface area contributed by atoms with E-state index in [1.54, 1.807) is 0 Å². The summed E-state index contributed by atoms with van der Waals surface area (Å²) in [7, 11) is 0. The Morgan fingerprint density at radius 2 is 1.92 bits per heavy atom. The third-order valence-electron chi connectivity index (χ3n) is 5.59. The van der Waals surface area contributed by atoms with Gasteiger partial charge in [0.15, 0.2) is 0 Å². The molecule has 2 aliphatic rings. The first-order valence-electron chi connectivity index (χ1n) is 9.37. The molecule has 0 heterocycles. The molecule has 0 atom stereocenters. The predicted molar refractivity (Wildman–Crippen MR) is 100 cm³/mol. The van der Waals surface area contributed by atoms with Crippen LogP contribution in [0.3, 0.4) is 0 Å². The van der Waals surface area contributed by atoms with Gasteiger partial charge in [0.25, 0.3) is 0 Å². The maximum atomic E-state index is 12.7. The van der Waals surface area contributed by atoms with Crippen molar-refractivity contribution in [2.45, 2.75) is 58.8 Å². The Kier molecular flexibility index (Phi) is 5.26. The van der Waals surface area contributed by atoms with Crippen molar-refractivity contribution in [3.63, 3.8) is 0 Å². The summed E-state index contributed by atoms with van der Waals surface area (Å²) >= 11 is 0. The van der Waals surface area contributed by atoms with Crippen LogP contribution in [0, 0.1) is 19.3 Å². The zero-order valence-corrected chi connectivity index (χ0v) is 15.3. The highest BCUT2D eigenvalue weighted by atomic mass is 16.2. The van der Waals surface area contributed by atoms with E-state index in [2.05, 4.69) is 16.7 Å². The van der Waals surface area contributed by atoms with Gasteiger partial charge in [-0.15, -0.1) is 0 Å². The van der Waals surface area contributed by atoms with Crippen molar-refractivity contribution < 1.29 is 9.59 Å². The van der Waals surface area contributed by atoms with Gasteiger partial charge in [0.2, 0.25) is 11.8 Å². The van der Waals surface area contributed by atoms with Gasteiger partial charge < -0.3 is 10.6 Å². The van der Waals surface area contributed by atoms with E-state index in [1.165, 1.54) is 18.4 Å². The number of benzene rings is 1. The van der Waals surface area contributed by atoms with Crippen molar-refractivity contribution in [2.75, 3.05) is 11.9 Å². The molecule has 0 aromatic heterocycles. The highest BCUT2D eigenvalue weighted by molar-refractivity contribution is 6.13. The number of rotatable bonds is 6. The van der Waals surface area contributed by atoms with Crippen LogP contribution in [-0.4, -0.2) is 18.4 Å². The second-order valence-electron chi connectivity index (χ2n) is 7.40. The van der Waals surface area contributed by atoms with Crippen LogP contribution in [0.1, 0.15) is 56.1 Å². The lowest BCUT2D eigenvalue weighted by atomic mass is 9.97. The molecule has 0 spiro atoms. The highest BCUT2D eigenvalue weighted by Gasteiger charge is 2.56. The van der Waals surface area contributed by atoms with Crippen LogP contribution in [0.4, 0.5) is 5.69 Å². The summed E-state index contributed by atoms with van der Waals surface area (Å²) < 4.78 is 0. The fraction of sp³-hybridized carbons (Fsp3) is 0.524. The zero-order valence-electron chi connectivity index (χ0n) is 15.3. The van der Waals surface area contributed by atoms with Crippen LogP contribution >= 0.6 is 0 Å². The molecular formula is C21H28N2O2. The molecule has 1 aromatic rings. The van der Waals surface area contributed by atoms with Gasteiger partial charge in [-0.25, -0.2) is 0 Å². The van der Waals surface area contributed by atoms with Crippen LogP contribution in [0.25, 0.3) is 0 Å². The number of nitrogens with one attached hydrogen (secondary N) is 2. The minimum atomic E-state index is -0.864. The highest BCUT2D eigenvalue weighted by Crippen LogP contribution is 2.47. The van der Waals surface area contributed by atoms with Crippen LogP contribution in [0.2, 0.25) is 0 Å². The number of amides is 2. The summed E-state index contributed by atoms with van der Waals surface area (Å²) in [6.07, 6.45) is 9.31. The van der Waals surface area contributed by atoms with Gasteiger partial charge in [0, 0.05) is 12.2 Å². The Morgan fingerprint density at radius 1 is 1.12 bits per heavy atom. The molecule has 1 saturated carbocycles. The monoisotopic (exact) mass is 340 g/mol. The molecule has 4 heteroatoms. The van der Waals surface area contributed by atoms with Gasteiger partial charge in [-0.3, -0.25) is 9.59 Å². The lowest BCUT2D eigenvalue weighted by Crippen LogP contribution is -2.40. The Balaban J connectivity index is 1.55. The first-order chi connectivity index (χ1) is 12.0. The summed E-state index contributed by atoms with van der Waals surface area (Å²) in [5, 5.41) is 5.95. The van der Waals surface area contributed by atoms with Crippen LogP contribution < -0.4 is 10.6 Å². The predicted octanol–water partition coefficient (Wildman–Crippen LogP) is 4.03. The van der Waals surface area contributed by atoms with E-state index in [9.17, 15) is 9.59 Å². The lowest BCUT2D eigenvalue weighted by Gasteiger charge is -2.18. The van der Waals surface area contributed by atoms with E-state index in [-0.39, 0.29) is 11.8 Å². The van der Waals surface area contributed by atoms with Crippen molar-refractivity contribution in [2.24, 2.45) is 5.41 Å². The quantitative estimate of drug-likeness (QED) is 0.607. The Labute approximate surface area is 150 Å². The molecule has 2 N–H and O–H groups in total. The topological polar surface area (TPSA) is 58.2 Å². The van der Waals surface area contributed by atoms with Gasteiger partial charge in [0.05, 0.1) is 0 Å². The molecule has 1 fully saturated rings. The fourth-order valence-corrected chi connectivity index (χ4v) is 3.45. The molecule has 0 unspecified atom stereocenters. The number of aryl methyl sites for hydroxylation is 1. The molecule has 0 bridgehead atoms. The smallest absolute Gasteiger partial charge is 0.240 e. The van der Waals surface area contributed by atoms with Crippen LogP contribution in [0.5, 0.6) is 0 Å². The van der Waals surface area contributed by atoms with E-state index < -0.39 is 5.41 Å². The van der Waals surface area contributed by atoms with Crippen molar-refractivity contribution >= 4 is 17.5 Å². The Morgan fingerprint density at radius 3 is 2.60 bits per heavy atom. The number of anilines is 1. The molecule has 1 aromatic carbocycles. The number of allylic oxidation sites excluding steroid dienone is 1.